The Kier molecular flexibility index (Phi) is 6.14. The van der Waals surface area contributed by atoms with Crippen molar-refractivity contribution >= 4 is 5.97 Å². The second-order valence-electron chi connectivity index (χ2n) is 6.50. The van der Waals surface area contributed by atoms with Crippen LogP contribution in [0.1, 0.15) is 10.4 Å². The first-order valence-electron chi connectivity index (χ1n) is 9.73. The number of ether oxygens (including phenoxy) is 4. The van der Waals surface area contributed by atoms with Gasteiger partial charge in [-0.15, -0.1) is 0 Å². The van der Waals surface area contributed by atoms with Crippen LogP contribution in [0.25, 0.3) is 0 Å². The van der Waals surface area contributed by atoms with Gasteiger partial charge in [0, 0.05) is 0 Å². The molecule has 154 valence electrons. The summed E-state index contributed by atoms with van der Waals surface area (Å²) in [4.78, 5) is 13.0. The van der Waals surface area contributed by atoms with Crippen molar-refractivity contribution in [3.05, 3.63) is 127 Å². The minimum atomic E-state index is -2.21. The van der Waals surface area contributed by atoms with Crippen LogP contribution in [0, 0.1) is 0 Å². The smallest absolute Gasteiger partial charge is 0.386 e. The zero-order chi connectivity index (χ0) is 21.4. The van der Waals surface area contributed by atoms with E-state index in [0.717, 1.165) is 0 Å². The molecule has 4 rings (SSSR count). The Bertz CT molecular complexity index is 982. The van der Waals surface area contributed by atoms with Gasteiger partial charge in [0.1, 0.15) is 17.2 Å². The Morgan fingerprint density at radius 1 is 0.484 bits per heavy atom. The van der Waals surface area contributed by atoms with E-state index >= 15 is 0 Å². The van der Waals surface area contributed by atoms with E-state index in [4.69, 9.17) is 18.9 Å². The first-order valence-corrected chi connectivity index (χ1v) is 9.73. The summed E-state index contributed by atoms with van der Waals surface area (Å²) < 4.78 is 23.8. The molecule has 0 aromatic heterocycles. The molecule has 0 aliphatic rings. The molecule has 5 nitrogen and oxygen atoms in total. The maximum atomic E-state index is 13.0. The molecule has 0 unspecified atom stereocenters. The van der Waals surface area contributed by atoms with Gasteiger partial charge in [-0.2, -0.15) is 0 Å². The molecule has 31 heavy (non-hydrogen) atoms. The quantitative estimate of drug-likeness (QED) is 0.275. The summed E-state index contributed by atoms with van der Waals surface area (Å²) in [5, 5.41) is 0. The average molecular weight is 412 g/mol. The van der Waals surface area contributed by atoms with E-state index in [1.54, 1.807) is 97.1 Å². The SMILES string of the molecule is O=C(OC(Oc1ccccc1)(Oc1ccccc1)Oc1ccccc1)c1ccccc1. The van der Waals surface area contributed by atoms with Gasteiger partial charge in [-0.25, -0.2) is 4.79 Å². The lowest BCUT2D eigenvalue weighted by Gasteiger charge is -2.31. The highest BCUT2D eigenvalue weighted by molar-refractivity contribution is 5.89. The van der Waals surface area contributed by atoms with E-state index in [1.807, 2.05) is 24.3 Å². The van der Waals surface area contributed by atoms with E-state index in [0.29, 0.717) is 22.8 Å². The van der Waals surface area contributed by atoms with Crippen LogP contribution in [0.3, 0.4) is 0 Å². The van der Waals surface area contributed by atoms with E-state index in [9.17, 15) is 4.79 Å². The monoisotopic (exact) mass is 412 g/mol. The van der Waals surface area contributed by atoms with Gasteiger partial charge in [0.15, 0.2) is 0 Å². The standard InChI is InChI=1S/C26H20O5/c27-25(21-13-5-1-6-14-21)31-26(28-22-15-7-2-8-16-22,29-23-17-9-3-10-18-23)30-24-19-11-4-12-20-24/h1-20H. The largest absolute Gasteiger partial charge is 0.613 e. The van der Waals surface area contributed by atoms with Crippen LogP contribution in [-0.4, -0.2) is 12.1 Å². The molecule has 0 atom stereocenters. The van der Waals surface area contributed by atoms with Gasteiger partial charge >= 0.3 is 12.1 Å². The lowest BCUT2D eigenvalue weighted by Crippen LogP contribution is -2.52. The van der Waals surface area contributed by atoms with Crippen LogP contribution in [0.5, 0.6) is 17.2 Å². The molecular formula is C26H20O5. The molecule has 0 aliphatic carbocycles. The fourth-order valence-corrected chi connectivity index (χ4v) is 2.77. The molecule has 5 heteroatoms. The van der Waals surface area contributed by atoms with E-state index in [1.165, 1.54) is 0 Å². The minimum Gasteiger partial charge on any atom is -0.386 e. The van der Waals surface area contributed by atoms with Gasteiger partial charge in [-0.3, -0.25) is 0 Å². The zero-order valence-corrected chi connectivity index (χ0v) is 16.6. The molecular weight excluding hydrogens is 392 g/mol. The molecule has 0 saturated heterocycles. The molecule has 0 saturated carbocycles. The van der Waals surface area contributed by atoms with Crippen molar-refractivity contribution in [1.82, 2.24) is 0 Å². The van der Waals surface area contributed by atoms with Crippen LogP contribution in [-0.2, 0) is 4.74 Å². The summed E-state index contributed by atoms with van der Waals surface area (Å²) >= 11 is 0. The van der Waals surface area contributed by atoms with Crippen molar-refractivity contribution < 1.29 is 23.7 Å². The number of carbonyl (C=O) groups excluding carboxylic acids is 1. The number of para-hydroxylation sites is 3. The lowest BCUT2D eigenvalue weighted by molar-refractivity contribution is -0.379. The highest BCUT2D eigenvalue weighted by Crippen LogP contribution is 2.28. The number of hydrogen-bond acceptors (Lipinski definition) is 5. The third-order valence-corrected chi connectivity index (χ3v) is 4.19. The Labute approximate surface area is 180 Å². The van der Waals surface area contributed by atoms with Crippen LogP contribution < -0.4 is 14.2 Å². The Morgan fingerprint density at radius 2 is 0.806 bits per heavy atom. The lowest BCUT2D eigenvalue weighted by atomic mass is 10.2. The van der Waals surface area contributed by atoms with E-state index in [-0.39, 0.29) is 0 Å². The van der Waals surface area contributed by atoms with Crippen molar-refractivity contribution in [1.29, 1.82) is 0 Å². The highest BCUT2D eigenvalue weighted by atomic mass is 17.0. The van der Waals surface area contributed by atoms with E-state index < -0.39 is 12.1 Å². The van der Waals surface area contributed by atoms with Crippen molar-refractivity contribution in [2.75, 3.05) is 0 Å². The Hall–Kier alpha value is -4.25. The van der Waals surface area contributed by atoms with Gasteiger partial charge in [0.25, 0.3) is 0 Å². The predicted molar refractivity (Wildman–Crippen MR) is 116 cm³/mol. The summed E-state index contributed by atoms with van der Waals surface area (Å²) in [7, 11) is 0. The van der Waals surface area contributed by atoms with Crippen LogP contribution in [0.2, 0.25) is 0 Å². The topological polar surface area (TPSA) is 54.0 Å². The maximum Gasteiger partial charge on any atom is 0.613 e. The molecule has 0 N–H and O–H groups in total. The summed E-state index contributed by atoms with van der Waals surface area (Å²) in [6, 6.07) is 35.2. The summed E-state index contributed by atoms with van der Waals surface area (Å²) in [6.07, 6.45) is -2.21. The van der Waals surface area contributed by atoms with Gasteiger partial charge in [0.05, 0.1) is 5.56 Å². The fraction of sp³-hybridized carbons (Fsp3) is 0.0385. The molecule has 0 aliphatic heterocycles. The van der Waals surface area contributed by atoms with Gasteiger partial charge in [0.2, 0.25) is 0 Å². The van der Waals surface area contributed by atoms with E-state index in [2.05, 4.69) is 0 Å². The average Bonchev–Trinajstić information content (AvgIpc) is 2.81. The van der Waals surface area contributed by atoms with Crippen molar-refractivity contribution in [2.45, 2.75) is 6.16 Å². The normalized spacial score (nSPS) is 10.7. The molecule has 0 heterocycles. The van der Waals surface area contributed by atoms with Crippen LogP contribution in [0.15, 0.2) is 121 Å². The second-order valence-corrected chi connectivity index (χ2v) is 6.50. The highest BCUT2D eigenvalue weighted by Gasteiger charge is 2.45. The predicted octanol–water partition coefficient (Wildman–Crippen LogP) is 5.69. The minimum absolute atomic E-state index is 0.330. The number of carbonyl (C=O) groups is 1. The molecule has 4 aromatic rings. The first-order chi connectivity index (χ1) is 15.2. The summed E-state index contributed by atoms with van der Waals surface area (Å²) in [5.74, 6) is 0.532. The molecule has 0 bridgehead atoms. The first kappa shape index (κ1) is 20.0. The third-order valence-electron chi connectivity index (χ3n) is 4.19. The molecule has 4 aromatic carbocycles. The molecule has 0 fully saturated rings. The van der Waals surface area contributed by atoms with Crippen LogP contribution >= 0.6 is 0 Å². The Balaban J connectivity index is 1.74. The van der Waals surface area contributed by atoms with Gasteiger partial charge < -0.3 is 18.9 Å². The van der Waals surface area contributed by atoms with Gasteiger partial charge in [-0.1, -0.05) is 72.8 Å². The molecule has 0 spiro atoms. The fourth-order valence-electron chi connectivity index (χ4n) is 2.77. The molecule has 0 amide bonds. The van der Waals surface area contributed by atoms with Crippen molar-refractivity contribution in [3.8, 4) is 17.2 Å². The number of benzene rings is 4. The van der Waals surface area contributed by atoms with Crippen molar-refractivity contribution in [2.24, 2.45) is 0 Å². The summed E-state index contributed by atoms with van der Waals surface area (Å²) in [5.41, 5.74) is 0.330. The van der Waals surface area contributed by atoms with Gasteiger partial charge in [-0.05, 0) is 48.5 Å². The number of esters is 1. The second kappa shape index (κ2) is 9.50. The van der Waals surface area contributed by atoms with Crippen molar-refractivity contribution in [3.63, 3.8) is 0 Å². The summed E-state index contributed by atoms with van der Waals surface area (Å²) in [6.45, 7) is 0. The van der Waals surface area contributed by atoms with Crippen LogP contribution in [0.4, 0.5) is 0 Å². The Morgan fingerprint density at radius 3 is 1.16 bits per heavy atom. The third kappa shape index (κ3) is 5.42. The number of rotatable bonds is 8. The number of hydrogen-bond donors (Lipinski definition) is 0. The zero-order valence-electron chi connectivity index (χ0n) is 16.6. The maximum absolute atomic E-state index is 13.0. The molecule has 0 radical (unpaired) electrons.